The van der Waals surface area contributed by atoms with Crippen LogP contribution in [0.5, 0.6) is 0 Å². The van der Waals surface area contributed by atoms with Crippen molar-refractivity contribution in [2.75, 3.05) is 65.6 Å². The average molecular weight is 681 g/mol. The predicted molar refractivity (Wildman–Crippen MR) is 166 cm³/mol. The minimum atomic E-state index is -4.47. The summed E-state index contributed by atoms with van der Waals surface area (Å²) in [6, 6.07) is 0. The van der Waals surface area contributed by atoms with E-state index < -0.39 is 52.1 Å². The summed E-state index contributed by atoms with van der Waals surface area (Å²) < 4.78 is 36.8. The Morgan fingerprint density at radius 3 is 1.64 bits per heavy atom. The van der Waals surface area contributed by atoms with Crippen molar-refractivity contribution in [3.8, 4) is 0 Å². The van der Waals surface area contributed by atoms with Gasteiger partial charge < -0.3 is 40.8 Å². The monoisotopic (exact) mass is 681 g/mol. The first-order valence-electron chi connectivity index (χ1n) is 14.8. The third-order valence-corrected chi connectivity index (χ3v) is 7.59. The van der Waals surface area contributed by atoms with Crippen molar-refractivity contribution in [3.05, 3.63) is 0 Å². The fourth-order valence-corrected chi connectivity index (χ4v) is 4.82. The molecule has 21 heteroatoms. The first-order valence-corrected chi connectivity index (χ1v) is 17.8. The Hall–Kier alpha value is -1.81. The van der Waals surface area contributed by atoms with Gasteiger partial charge in [-0.3, -0.25) is 32.7 Å². The summed E-state index contributed by atoms with van der Waals surface area (Å²) >= 11 is 0. The maximum absolute atomic E-state index is 12.5. The molecule has 0 rings (SSSR count). The van der Waals surface area contributed by atoms with Crippen molar-refractivity contribution in [3.63, 3.8) is 0 Å². The Labute approximate surface area is 267 Å². The molecule has 0 fully saturated rings. The van der Waals surface area contributed by atoms with Crippen LogP contribution >= 0.6 is 15.6 Å². The molecule has 0 aliphatic carbocycles. The average Bonchev–Trinajstić information content (AvgIpc) is 2.97. The SMILES string of the molecule is [B]CC(=O)N(CCNC(=O)CN(CCOP(=O)(O)OCCCCCCN)C(=O)C[B])CC(=O)NCCCCCCOP(=O)(O)O. The van der Waals surface area contributed by atoms with E-state index in [9.17, 15) is 33.2 Å². The molecular weight excluding hydrogens is 634 g/mol. The van der Waals surface area contributed by atoms with E-state index in [1.54, 1.807) is 0 Å². The van der Waals surface area contributed by atoms with Crippen LogP contribution < -0.4 is 16.4 Å². The number of hydrogen-bond donors (Lipinski definition) is 6. The number of hydrogen-bond acceptors (Lipinski definition) is 10. The predicted octanol–water partition coefficient (Wildman–Crippen LogP) is -0.628. The van der Waals surface area contributed by atoms with Crippen LogP contribution in [0, 0.1) is 0 Å². The molecule has 0 aromatic rings. The lowest BCUT2D eigenvalue weighted by atomic mass is 10.0. The lowest BCUT2D eigenvalue weighted by molar-refractivity contribution is -0.135. The number of nitrogens with one attached hydrogen (secondary N) is 2. The molecule has 0 aromatic heterocycles. The lowest BCUT2D eigenvalue weighted by Crippen LogP contribution is -2.46. The Kier molecular flexibility index (Phi) is 24.3. The van der Waals surface area contributed by atoms with Crippen LogP contribution in [0.15, 0.2) is 0 Å². The van der Waals surface area contributed by atoms with Gasteiger partial charge in [0, 0.05) is 26.2 Å². The van der Waals surface area contributed by atoms with Gasteiger partial charge in [0.2, 0.25) is 23.6 Å². The van der Waals surface area contributed by atoms with Crippen LogP contribution in [0.1, 0.15) is 51.4 Å². The Morgan fingerprint density at radius 2 is 1.11 bits per heavy atom. The molecule has 4 amide bonds. The summed E-state index contributed by atoms with van der Waals surface area (Å²) in [5.41, 5.74) is 5.41. The second-order valence-electron chi connectivity index (χ2n) is 9.81. The topological polar surface area (TPSA) is 247 Å². The van der Waals surface area contributed by atoms with Gasteiger partial charge in [0.1, 0.15) is 0 Å². The van der Waals surface area contributed by atoms with E-state index in [0.717, 1.165) is 24.2 Å². The number of amides is 4. The second kappa shape index (κ2) is 25.3. The smallest absolute Gasteiger partial charge is 0.355 e. The minimum absolute atomic E-state index is 0.0134. The van der Waals surface area contributed by atoms with Crippen molar-refractivity contribution in [1.82, 2.24) is 20.4 Å². The van der Waals surface area contributed by atoms with Crippen molar-refractivity contribution in [2.24, 2.45) is 5.73 Å². The van der Waals surface area contributed by atoms with E-state index in [1.807, 2.05) is 0 Å². The maximum Gasteiger partial charge on any atom is 0.472 e. The summed E-state index contributed by atoms with van der Waals surface area (Å²) in [6.07, 6.45) is 4.65. The quantitative estimate of drug-likeness (QED) is 0.0343. The third-order valence-electron chi connectivity index (χ3n) is 6.05. The van der Waals surface area contributed by atoms with Gasteiger partial charge >= 0.3 is 15.6 Å². The van der Waals surface area contributed by atoms with E-state index in [0.29, 0.717) is 45.2 Å². The van der Waals surface area contributed by atoms with Crippen LogP contribution in [0.2, 0.25) is 12.6 Å². The van der Waals surface area contributed by atoms with Gasteiger partial charge in [-0.05, 0) is 44.9 Å². The number of rotatable bonds is 28. The van der Waals surface area contributed by atoms with Gasteiger partial charge in [0.25, 0.3) is 0 Å². The zero-order chi connectivity index (χ0) is 34.1. The van der Waals surface area contributed by atoms with E-state index in [2.05, 4.69) is 15.2 Å². The number of carbonyl (C=O) groups is 4. The van der Waals surface area contributed by atoms with Crippen LogP contribution in [-0.4, -0.2) is 129 Å². The van der Waals surface area contributed by atoms with Crippen molar-refractivity contribution >= 4 is 55.0 Å². The molecule has 7 N–H and O–H groups in total. The van der Waals surface area contributed by atoms with Gasteiger partial charge in [-0.1, -0.05) is 25.7 Å². The van der Waals surface area contributed by atoms with E-state index in [-0.39, 0.29) is 52.3 Å². The van der Waals surface area contributed by atoms with Gasteiger partial charge in [-0.2, -0.15) is 0 Å². The number of unbranched alkanes of at least 4 members (excludes halogenated alkanes) is 6. The second-order valence-corrected chi connectivity index (χ2v) is 12.5. The van der Waals surface area contributed by atoms with Crippen molar-refractivity contribution in [1.29, 1.82) is 0 Å². The summed E-state index contributed by atoms with van der Waals surface area (Å²) in [7, 11) is 2.03. The van der Waals surface area contributed by atoms with Gasteiger partial charge in [-0.15, -0.1) is 0 Å². The van der Waals surface area contributed by atoms with Crippen molar-refractivity contribution < 1.29 is 56.6 Å². The maximum atomic E-state index is 12.5. The fraction of sp³-hybridized carbons (Fsp3) is 0.833. The molecular formula is C24H47B2N5O12P2. The minimum Gasteiger partial charge on any atom is -0.355 e. The standard InChI is InChI=1S/C24H47B2N5O12P2/c25-17-23(34)30(19-21(32)28-10-6-2-4-7-14-41-44(36,37)38)12-11-29-22(33)20-31(24(35)18-26)13-16-43-45(39,40)42-15-8-3-1-5-9-27/h1-20,27H2,(H,28,32)(H,29,33)(H,39,40)(H2,36,37,38). The molecule has 0 heterocycles. The Balaban J connectivity index is 4.51. The molecule has 17 nitrogen and oxygen atoms in total. The van der Waals surface area contributed by atoms with E-state index in [4.69, 9.17) is 40.3 Å². The fourth-order valence-electron chi connectivity index (χ4n) is 3.71. The zero-order valence-corrected chi connectivity index (χ0v) is 27.5. The van der Waals surface area contributed by atoms with E-state index in [1.165, 1.54) is 4.90 Å². The number of phosphoric ester groups is 2. The molecule has 0 spiro atoms. The van der Waals surface area contributed by atoms with Crippen LogP contribution in [0.25, 0.3) is 0 Å². The molecule has 1 atom stereocenters. The Morgan fingerprint density at radius 1 is 0.644 bits per heavy atom. The first-order chi connectivity index (χ1) is 21.2. The van der Waals surface area contributed by atoms with Gasteiger partial charge in [-0.25, -0.2) is 9.13 Å². The summed E-state index contributed by atoms with van der Waals surface area (Å²) in [4.78, 5) is 78.4. The largest absolute Gasteiger partial charge is 0.472 e. The lowest BCUT2D eigenvalue weighted by Gasteiger charge is -2.24. The Bertz CT molecular complexity index is 979. The molecule has 0 saturated carbocycles. The van der Waals surface area contributed by atoms with Gasteiger partial charge in [0.05, 0.1) is 48.6 Å². The summed E-state index contributed by atoms with van der Waals surface area (Å²) in [5, 5.41) is 5.21. The number of nitrogens with zero attached hydrogens (tertiary/aromatic N) is 2. The van der Waals surface area contributed by atoms with Gasteiger partial charge in [0.15, 0.2) is 0 Å². The summed E-state index contributed by atoms with van der Waals surface area (Å²) in [5.74, 6) is -2.17. The highest BCUT2D eigenvalue weighted by atomic mass is 31.2. The number of nitrogens with two attached hydrogens (primary N) is 1. The molecule has 0 aliphatic heterocycles. The molecule has 0 aliphatic rings. The van der Waals surface area contributed by atoms with Crippen LogP contribution in [0.3, 0.4) is 0 Å². The van der Waals surface area contributed by atoms with E-state index >= 15 is 0 Å². The van der Waals surface area contributed by atoms with Crippen molar-refractivity contribution in [2.45, 2.75) is 64.0 Å². The highest BCUT2D eigenvalue weighted by molar-refractivity contribution is 7.47. The zero-order valence-electron chi connectivity index (χ0n) is 25.7. The molecule has 256 valence electrons. The first kappa shape index (κ1) is 43.2. The number of carbonyl (C=O) groups excluding carboxylic acids is 4. The molecule has 4 radical (unpaired) electrons. The third kappa shape index (κ3) is 25.0. The molecule has 0 aromatic carbocycles. The molecule has 1 unspecified atom stereocenters. The highest BCUT2D eigenvalue weighted by Gasteiger charge is 2.23. The molecule has 0 bridgehead atoms. The van der Waals surface area contributed by atoms with Crippen LogP contribution in [-0.2, 0) is 41.9 Å². The summed E-state index contributed by atoms with van der Waals surface area (Å²) in [6.45, 7) is -0.604. The molecule has 45 heavy (non-hydrogen) atoms. The van der Waals surface area contributed by atoms with Crippen LogP contribution in [0.4, 0.5) is 0 Å². The normalized spacial score (nSPS) is 12.7. The molecule has 0 saturated heterocycles. The number of phosphoric acid groups is 2. The highest BCUT2D eigenvalue weighted by Crippen LogP contribution is 2.43.